The summed E-state index contributed by atoms with van der Waals surface area (Å²) < 4.78 is 1.91. The maximum atomic E-state index is 10.0. The van der Waals surface area contributed by atoms with Gasteiger partial charge in [-0.3, -0.25) is 4.90 Å². The molecule has 0 radical (unpaired) electrons. The van der Waals surface area contributed by atoms with Gasteiger partial charge >= 0.3 is 0 Å². The number of hydrogen-bond donors (Lipinski definition) is 1. The molecule has 1 saturated heterocycles. The number of fused-ring (bicyclic) bond motifs is 1. The third kappa shape index (κ3) is 3.73. The first-order valence-electron chi connectivity index (χ1n) is 8.61. The van der Waals surface area contributed by atoms with Gasteiger partial charge in [0.1, 0.15) is 0 Å². The number of nitrogens with zero attached hydrogens (tertiary/aromatic N) is 5. The van der Waals surface area contributed by atoms with Gasteiger partial charge in [-0.2, -0.15) is 0 Å². The lowest BCUT2D eigenvalue weighted by Crippen LogP contribution is -2.54. The molecule has 1 N–H and O–H groups in total. The second-order valence-corrected chi connectivity index (χ2v) is 9.51. The van der Waals surface area contributed by atoms with Gasteiger partial charge in [-0.05, 0) is 20.8 Å². The molecule has 0 aromatic carbocycles. The molecule has 3 heterocycles. The van der Waals surface area contributed by atoms with Crippen LogP contribution >= 0.6 is 11.3 Å². The van der Waals surface area contributed by atoms with E-state index in [2.05, 4.69) is 37.5 Å². The smallest absolute Gasteiger partial charge is 0.214 e. The highest BCUT2D eigenvalue weighted by molar-refractivity contribution is 7.20. The van der Waals surface area contributed by atoms with Crippen LogP contribution in [0.15, 0.2) is 6.20 Å². The third-order valence-electron chi connectivity index (χ3n) is 4.37. The minimum absolute atomic E-state index is 0.0452. The molecule has 1 atom stereocenters. The molecular formula is C17H29N5OS. The van der Waals surface area contributed by atoms with Crippen molar-refractivity contribution in [3.63, 3.8) is 0 Å². The zero-order valence-corrected chi connectivity index (χ0v) is 16.4. The molecule has 2 aromatic heterocycles. The van der Waals surface area contributed by atoms with E-state index in [0.29, 0.717) is 12.6 Å². The lowest BCUT2D eigenvalue weighted by atomic mass is 9.93. The molecule has 1 aliphatic heterocycles. The number of piperazine rings is 1. The first-order chi connectivity index (χ1) is 11.0. The average Bonchev–Trinajstić information content (AvgIpc) is 2.93. The van der Waals surface area contributed by atoms with Crippen molar-refractivity contribution in [3.05, 3.63) is 11.9 Å². The van der Waals surface area contributed by atoms with E-state index in [1.807, 2.05) is 24.6 Å². The second-order valence-electron chi connectivity index (χ2n) is 8.58. The fourth-order valence-electron chi connectivity index (χ4n) is 3.18. The molecule has 3 rings (SSSR count). The molecule has 1 aliphatic rings. The van der Waals surface area contributed by atoms with E-state index in [9.17, 15) is 5.11 Å². The van der Waals surface area contributed by atoms with Crippen LogP contribution in [0.25, 0.3) is 4.96 Å². The Morgan fingerprint density at radius 3 is 2.50 bits per heavy atom. The summed E-state index contributed by atoms with van der Waals surface area (Å²) in [7, 11) is 0. The minimum Gasteiger partial charge on any atom is -0.389 e. The quantitative estimate of drug-likeness (QED) is 0.920. The van der Waals surface area contributed by atoms with Crippen molar-refractivity contribution in [3.8, 4) is 0 Å². The van der Waals surface area contributed by atoms with Crippen molar-refractivity contribution in [2.45, 2.75) is 58.6 Å². The number of anilines is 1. The van der Waals surface area contributed by atoms with Crippen molar-refractivity contribution in [2.75, 3.05) is 31.1 Å². The largest absolute Gasteiger partial charge is 0.389 e. The Kier molecular flexibility index (Phi) is 4.38. The number of aliphatic hydroxyl groups is 1. The molecule has 0 spiro atoms. The highest BCUT2D eigenvalue weighted by Gasteiger charge is 2.29. The molecule has 24 heavy (non-hydrogen) atoms. The van der Waals surface area contributed by atoms with Gasteiger partial charge in [0.15, 0.2) is 0 Å². The van der Waals surface area contributed by atoms with Crippen molar-refractivity contribution >= 4 is 21.4 Å². The summed E-state index contributed by atoms with van der Waals surface area (Å²) in [6, 6.07) is 0.374. The van der Waals surface area contributed by atoms with Gasteiger partial charge < -0.3 is 10.0 Å². The van der Waals surface area contributed by atoms with Crippen LogP contribution in [0.1, 0.15) is 47.2 Å². The summed E-state index contributed by atoms with van der Waals surface area (Å²) in [5.74, 6) is 0. The SMILES string of the molecule is CC1CN(CC(C)(C)O)CCN1c1nn2cc(C(C)(C)C)nc2s1. The van der Waals surface area contributed by atoms with Crippen LogP contribution in [0.5, 0.6) is 0 Å². The van der Waals surface area contributed by atoms with E-state index in [0.717, 1.165) is 35.4 Å². The summed E-state index contributed by atoms with van der Waals surface area (Å²) in [6.07, 6.45) is 2.05. The van der Waals surface area contributed by atoms with E-state index in [1.165, 1.54) is 0 Å². The molecule has 0 saturated carbocycles. The number of aromatic nitrogens is 3. The highest BCUT2D eigenvalue weighted by Crippen LogP contribution is 2.29. The molecule has 2 aromatic rings. The zero-order valence-electron chi connectivity index (χ0n) is 15.6. The van der Waals surface area contributed by atoms with Gasteiger partial charge in [-0.1, -0.05) is 32.1 Å². The van der Waals surface area contributed by atoms with E-state index >= 15 is 0 Å². The molecule has 0 amide bonds. The Morgan fingerprint density at radius 2 is 1.96 bits per heavy atom. The van der Waals surface area contributed by atoms with Crippen LogP contribution in [0, 0.1) is 0 Å². The third-order valence-corrected chi connectivity index (χ3v) is 5.33. The van der Waals surface area contributed by atoms with Gasteiger partial charge in [-0.25, -0.2) is 9.50 Å². The van der Waals surface area contributed by atoms with E-state index < -0.39 is 5.60 Å². The van der Waals surface area contributed by atoms with Gasteiger partial charge in [0.05, 0.1) is 17.5 Å². The molecule has 0 aliphatic carbocycles. The molecule has 0 bridgehead atoms. The summed E-state index contributed by atoms with van der Waals surface area (Å²) in [4.78, 5) is 10.4. The standard InChI is InChI=1S/C17H29N5OS/c1-12-9-20(11-17(5,6)23)7-8-21(12)15-19-22-10-13(16(2,3)4)18-14(22)24-15/h10,12,23H,7-9,11H2,1-6H3. The molecule has 1 unspecified atom stereocenters. The van der Waals surface area contributed by atoms with Gasteiger partial charge in [0, 0.05) is 37.6 Å². The summed E-state index contributed by atoms with van der Waals surface area (Å²) in [5, 5.41) is 15.8. The van der Waals surface area contributed by atoms with Crippen LogP contribution in [0.4, 0.5) is 5.13 Å². The van der Waals surface area contributed by atoms with Crippen LogP contribution in [0.3, 0.4) is 0 Å². The lowest BCUT2D eigenvalue weighted by molar-refractivity contribution is 0.0308. The maximum Gasteiger partial charge on any atom is 0.214 e. The normalized spacial score (nSPS) is 21.0. The first-order valence-corrected chi connectivity index (χ1v) is 9.43. The fourth-order valence-corrected chi connectivity index (χ4v) is 4.19. The number of imidazole rings is 1. The Bertz CT molecular complexity index is 677. The summed E-state index contributed by atoms with van der Waals surface area (Å²) in [5.41, 5.74) is 0.479. The van der Waals surface area contributed by atoms with Gasteiger partial charge in [0.25, 0.3) is 0 Å². The minimum atomic E-state index is -0.646. The molecule has 6 nitrogen and oxygen atoms in total. The topological polar surface area (TPSA) is 56.9 Å². The van der Waals surface area contributed by atoms with Crippen LogP contribution in [0.2, 0.25) is 0 Å². The predicted octanol–water partition coefficient (Wildman–Crippen LogP) is 2.37. The number of rotatable bonds is 3. The summed E-state index contributed by atoms with van der Waals surface area (Å²) >= 11 is 1.66. The average molecular weight is 352 g/mol. The Morgan fingerprint density at radius 1 is 1.25 bits per heavy atom. The monoisotopic (exact) mass is 351 g/mol. The Balaban J connectivity index is 1.73. The first kappa shape index (κ1) is 17.6. The van der Waals surface area contributed by atoms with Crippen LogP contribution in [-0.2, 0) is 5.41 Å². The Hall–Kier alpha value is -1.18. The van der Waals surface area contributed by atoms with Crippen molar-refractivity contribution in [1.82, 2.24) is 19.5 Å². The van der Waals surface area contributed by atoms with Gasteiger partial charge in [-0.15, -0.1) is 5.10 Å². The number of hydrogen-bond acceptors (Lipinski definition) is 6. The van der Waals surface area contributed by atoms with E-state index in [1.54, 1.807) is 11.3 Å². The zero-order chi connectivity index (χ0) is 17.7. The highest BCUT2D eigenvalue weighted by atomic mass is 32.1. The van der Waals surface area contributed by atoms with Crippen molar-refractivity contribution in [1.29, 1.82) is 0 Å². The molecule has 1 fully saturated rings. The molecular weight excluding hydrogens is 322 g/mol. The maximum absolute atomic E-state index is 10.0. The van der Waals surface area contributed by atoms with Crippen molar-refractivity contribution in [2.24, 2.45) is 0 Å². The predicted molar refractivity (Wildman–Crippen MR) is 99.1 cm³/mol. The Labute approximate surface area is 148 Å². The number of β-amino-alcohol motifs (C(OH)–C–C–N with tert-alkyl or cyclic N) is 1. The molecule has 7 heteroatoms. The summed E-state index contributed by atoms with van der Waals surface area (Å²) in [6.45, 7) is 16.0. The van der Waals surface area contributed by atoms with Crippen LogP contribution in [-0.4, -0.2) is 62.4 Å². The lowest BCUT2D eigenvalue weighted by Gasteiger charge is -2.41. The van der Waals surface area contributed by atoms with E-state index in [4.69, 9.17) is 10.1 Å². The van der Waals surface area contributed by atoms with E-state index in [-0.39, 0.29) is 5.41 Å². The van der Waals surface area contributed by atoms with Gasteiger partial charge in [0.2, 0.25) is 10.1 Å². The molecule has 134 valence electrons. The van der Waals surface area contributed by atoms with Crippen molar-refractivity contribution < 1.29 is 5.11 Å². The van der Waals surface area contributed by atoms with Crippen LogP contribution < -0.4 is 4.90 Å². The second kappa shape index (κ2) is 5.97. The fraction of sp³-hybridized carbons (Fsp3) is 0.765.